The third-order valence-electron chi connectivity index (χ3n) is 3.91. The van der Waals surface area contributed by atoms with Gasteiger partial charge in [-0.05, 0) is 45.3 Å². The zero-order valence-corrected chi connectivity index (χ0v) is 11.7. The monoisotopic (exact) mass is 274 g/mol. The predicted molar refractivity (Wildman–Crippen MR) is 70.0 cm³/mol. The molecule has 0 bridgehead atoms. The van der Waals surface area contributed by atoms with Crippen LogP contribution in [0.25, 0.3) is 0 Å². The van der Waals surface area contributed by atoms with E-state index in [1.165, 1.54) is 0 Å². The molecule has 0 aromatic heterocycles. The highest BCUT2D eigenvalue weighted by Crippen LogP contribution is 2.20. The van der Waals surface area contributed by atoms with Crippen molar-refractivity contribution < 1.29 is 13.2 Å². The third-order valence-corrected chi connectivity index (χ3v) is 5.68. The Bertz CT molecular complexity index is 400. The van der Waals surface area contributed by atoms with Gasteiger partial charge in [0.2, 0.25) is 5.91 Å². The highest BCUT2D eigenvalue weighted by Gasteiger charge is 2.29. The number of nitrogens with one attached hydrogen (secondary N) is 1. The molecule has 2 fully saturated rings. The van der Waals surface area contributed by atoms with Crippen LogP contribution in [0, 0.1) is 5.92 Å². The molecule has 0 spiro atoms. The van der Waals surface area contributed by atoms with E-state index < -0.39 is 9.84 Å². The van der Waals surface area contributed by atoms with E-state index in [1.54, 1.807) is 0 Å². The van der Waals surface area contributed by atoms with E-state index in [9.17, 15) is 13.2 Å². The smallest absolute Gasteiger partial charge is 0.220 e. The molecule has 1 amide bonds. The minimum atomic E-state index is -2.90. The fraction of sp³-hybridized carbons (Fsp3) is 0.917. The van der Waals surface area contributed by atoms with E-state index >= 15 is 0 Å². The van der Waals surface area contributed by atoms with E-state index in [0.717, 1.165) is 25.9 Å². The van der Waals surface area contributed by atoms with Crippen LogP contribution in [-0.2, 0) is 14.6 Å². The summed E-state index contributed by atoms with van der Waals surface area (Å²) in [6.45, 7) is 2.10. The van der Waals surface area contributed by atoms with Gasteiger partial charge < -0.3 is 10.2 Å². The molecular formula is C12H22N2O3S. The number of sulfone groups is 1. The number of nitrogens with zero attached hydrogens (tertiary/aromatic N) is 1. The van der Waals surface area contributed by atoms with Gasteiger partial charge in [0.15, 0.2) is 9.84 Å². The number of likely N-dealkylation sites (tertiary alicyclic amines) is 1. The number of carbonyl (C=O) groups excluding carboxylic acids is 1. The first-order valence-electron chi connectivity index (χ1n) is 6.63. The van der Waals surface area contributed by atoms with Gasteiger partial charge in [0, 0.05) is 12.5 Å². The molecule has 0 saturated carbocycles. The van der Waals surface area contributed by atoms with E-state index in [4.69, 9.17) is 0 Å². The van der Waals surface area contributed by atoms with Crippen LogP contribution in [0.1, 0.15) is 25.7 Å². The zero-order chi connectivity index (χ0) is 13.2. The fourth-order valence-corrected chi connectivity index (χ4v) is 4.40. The van der Waals surface area contributed by atoms with E-state index in [-0.39, 0.29) is 23.5 Å². The summed E-state index contributed by atoms with van der Waals surface area (Å²) >= 11 is 0. The van der Waals surface area contributed by atoms with Crippen molar-refractivity contribution in [3.63, 3.8) is 0 Å². The molecule has 5 nitrogen and oxygen atoms in total. The average molecular weight is 274 g/mol. The minimum Gasteiger partial charge on any atom is -0.352 e. The van der Waals surface area contributed by atoms with Gasteiger partial charge >= 0.3 is 0 Å². The molecule has 2 saturated heterocycles. The average Bonchev–Trinajstić information content (AvgIpc) is 2.61. The molecule has 2 aliphatic heterocycles. The Labute approximate surface area is 109 Å². The Kier molecular flexibility index (Phi) is 4.27. The highest BCUT2D eigenvalue weighted by molar-refractivity contribution is 7.91. The van der Waals surface area contributed by atoms with Crippen molar-refractivity contribution in [2.45, 2.75) is 31.7 Å². The second kappa shape index (κ2) is 5.57. The van der Waals surface area contributed by atoms with Crippen LogP contribution >= 0.6 is 0 Å². The van der Waals surface area contributed by atoms with Crippen molar-refractivity contribution in [1.82, 2.24) is 10.2 Å². The lowest BCUT2D eigenvalue weighted by atomic mass is 9.93. The van der Waals surface area contributed by atoms with Gasteiger partial charge in [-0.15, -0.1) is 0 Å². The third kappa shape index (κ3) is 3.95. The molecule has 2 rings (SSSR count). The first kappa shape index (κ1) is 13.8. The van der Waals surface area contributed by atoms with Gasteiger partial charge in [0.1, 0.15) is 0 Å². The summed E-state index contributed by atoms with van der Waals surface area (Å²) in [7, 11) is -0.806. The van der Waals surface area contributed by atoms with E-state index in [2.05, 4.69) is 17.3 Å². The number of rotatable bonds is 3. The predicted octanol–water partition coefficient (Wildman–Crippen LogP) is 0.0216. The standard InChI is InChI=1S/C12H22N2O3S/c1-14-5-2-10(3-6-14)8-12(15)13-11-4-7-18(16,17)9-11/h10-11H,2-9H2,1H3,(H,13,15). The molecule has 1 atom stereocenters. The van der Waals surface area contributed by atoms with Gasteiger partial charge in [-0.3, -0.25) is 4.79 Å². The van der Waals surface area contributed by atoms with Crippen molar-refractivity contribution in [3.05, 3.63) is 0 Å². The van der Waals surface area contributed by atoms with E-state index in [1.807, 2.05) is 0 Å². The lowest BCUT2D eigenvalue weighted by Gasteiger charge is -2.28. The molecule has 18 heavy (non-hydrogen) atoms. The summed E-state index contributed by atoms with van der Waals surface area (Å²) in [5.41, 5.74) is 0. The Balaban J connectivity index is 1.73. The number of carbonyl (C=O) groups is 1. The summed E-state index contributed by atoms with van der Waals surface area (Å²) in [4.78, 5) is 14.1. The summed E-state index contributed by atoms with van der Waals surface area (Å²) in [5.74, 6) is 0.809. The Morgan fingerprint density at radius 2 is 1.94 bits per heavy atom. The van der Waals surface area contributed by atoms with Crippen LogP contribution in [0.2, 0.25) is 0 Å². The molecule has 0 radical (unpaired) electrons. The molecule has 0 aliphatic carbocycles. The first-order valence-corrected chi connectivity index (χ1v) is 8.45. The zero-order valence-electron chi connectivity index (χ0n) is 10.9. The first-order chi connectivity index (χ1) is 8.44. The Morgan fingerprint density at radius 1 is 1.28 bits per heavy atom. The van der Waals surface area contributed by atoms with Crippen molar-refractivity contribution in [2.24, 2.45) is 5.92 Å². The number of hydrogen-bond donors (Lipinski definition) is 1. The fourth-order valence-electron chi connectivity index (χ4n) is 2.72. The number of hydrogen-bond acceptors (Lipinski definition) is 4. The summed E-state index contributed by atoms with van der Waals surface area (Å²) < 4.78 is 22.6. The molecule has 1 unspecified atom stereocenters. The second-order valence-electron chi connectivity index (χ2n) is 5.62. The van der Waals surface area contributed by atoms with Crippen molar-refractivity contribution in [2.75, 3.05) is 31.6 Å². The van der Waals surface area contributed by atoms with Crippen LogP contribution < -0.4 is 5.32 Å². The molecular weight excluding hydrogens is 252 g/mol. The highest BCUT2D eigenvalue weighted by atomic mass is 32.2. The van der Waals surface area contributed by atoms with Gasteiger partial charge in [0.25, 0.3) is 0 Å². The molecule has 2 aliphatic rings. The molecule has 104 valence electrons. The van der Waals surface area contributed by atoms with Gasteiger partial charge in [0.05, 0.1) is 11.5 Å². The normalized spacial score (nSPS) is 29.3. The van der Waals surface area contributed by atoms with Crippen LogP contribution in [0.3, 0.4) is 0 Å². The lowest BCUT2D eigenvalue weighted by molar-refractivity contribution is -0.122. The number of amides is 1. The maximum atomic E-state index is 11.8. The Morgan fingerprint density at radius 3 is 2.50 bits per heavy atom. The summed E-state index contributed by atoms with van der Waals surface area (Å²) in [6.07, 6.45) is 3.24. The largest absolute Gasteiger partial charge is 0.352 e. The summed E-state index contributed by atoms with van der Waals surface area (Å²) in [6, 6.07) is -0.159. The molecule has 0 aromatic carbocycles. The van der Waals surface area contributed by atoms with Crippen LogP contribution in [-0.4, -0.2) is 56.9 Å². The van der Waals surface area contributed by atoms with Crippen LogP contribution in [0.15, 0.2) is 0 Å². The molecule has 2 heterocycles. The van der Waals surface area contributed by atoms with Crippen LogP contribution in [0.5, 0.6) is 0 Å². The quantitative estimate of drug-likeness (QED) is 0.788. The summed E-state index contributed by atoms with van der Waals surface area (Å²) in [5, 5.41) is 2.86. The Hall–Kier alpha value is -0.620. The van der Waals surface area contributed by atoms with Crippen molar-refractivity contribution in [3.8, 4) is 0 Å². The van der Waals surface area contributed by atoms with Gasteiger partial charge in [-0.1, -0.05) is 0 Å². The minimum absolute atomic E-state index is 0.0200. The second-order valence-corrected chi connectivity index (χ2v) is 7.85. The SMILES string of the molecule is CN1CCC(CC(=O)NC2CCS(=O)(=O)C2)CC1. The van der Waals surface area contributed by atoms with Gasteiger partial charge in [-0.25, -0.2) is 8.42 Å². The van der Waals surface area contributed by atoms with Crippen molar-refractivity contribution in [1.29, 1.82) is 0 Å². The maximum Gasteiger partial charge on any atom is 0.220 e. The topological polar surface area (TPSA) is 66.5 Å². The van der Waals surface area contributed by atoms with E-state index in [0.29, 0.717) is 18.8 Å². The molecule has 0 aromatic rings. The number of piperidine rings is 1. The van der Waals surface area contributed by atoms with Crippen LogP contribution in [0.4, 0.5) is 0 Å². The maximum absolute atomic E-state index is 11.8. The van der Waals surface area contributed by atoms with Crippen molar-refractivity contribution >= 4 is 15.7 Å². The van der Waals surface area contributed by atoms with Gasteiger partial charge in [-0.2, -0.15) is 0 Å². The lowest BCUT2D eigenvalue weighted by Crippen LogP contribution is -2.38. The molecule has 1 N–H and O–H groups in total. The molecule has 6 heteroatoms.